The first-order valence-corrected chi connectivity index (χ1v) is 5.27. The number of carbonyl (C=O) groups excluding carboxylic acids is 1. The molecule has 1 heteroatoms. The maximum absolute atomic E-state index is 11.6. The van der Waals surface area contributed by atoms with Crippen LogP contribution in [-0.4, -0.2) is 5.78 Å². The number of carbonyl (C=O) groups is 1. The molecule has 0 N–H and O–H groups in total. The van der Waals surface area contributed by atoms with Gasteiger partial charge >= 0.3 is 0 Å². The predicted molar refractivity (Wildman–Crippen MR) is 62.3 cm³/mol. The van der Waals surface area contributed by atoms with Crippen LogP contribution in [0.15, 0.2) is 24.8 Å². The lowest BCUT2D eigenvalue weighted by Crippen LogP contribution is -2.27. The van der Waals surface area contributed by atoms with Crippen molar-refractivity contribution in [3.63, 3.8) is 0 Å². The van der Waals surface area contributed by atoms with Crippen molar-refractivity contribution in [1.29, 1.82) is 0 Å². The molecule has 0 saturated heterocycles. The van der Waals surface area contributed by atoms with Gasteiger partial charge < -0.3 is 0 Å². The highest BCUT2D eigenvalue weighted by Gasteiger charge is 2.30. The van der Waals surface area contributed by atoms with Crippen molar-refractivity contribution in [3.8, 4) is 0 Å². The lowest BCUT2D eigenvalue weighted by atomic mass is 9.75. The standard InChI is InChI=1S/C13H22O/c1-6-8-9-13(7-2,12(5)14)10-11(3)4/h7H,2-3,6,8-10H2,1,4-5H3. The van der Waals surface area contributed by atoms with Crippen molar-refractivity contribution in [2.24, 2.45) is 5.41 Å². The van der Waals surface area contributed by atoms with Crippen LogP contribution in [0, 0.1) is 5.41 Å². The summed E-state index contributed by atoms with van der Waals surface area (Å²) in [5.74, 6) is 0.212. The fraction of sp³-hybridized carbons (Fsp3) is 0.615. The average Bonchev–Trinajstić information content (AvgIpc) is 2.11. The van der Waals surface area contributed by atoms with Gasteiger partial charge in [0, 0.05) is 5.41 Å². The lowest BCUT2D eigenvalue weighted by molar-refractivity contribution is -0.124. The summed E-state index contributed by atoms with van der Waals surface area (Å²) in [6, 6.07) is 0. The van der Waals surface area contributed by atoms with Gasteiger partial charge in [0.2, 0.25) is 0 Å². The van der Waals surface area contributed by atoms with Gasteiger partial charge in [-0.25, -0.2) is 0 Å². The maximum Gasteiger partial charge on any atom is 0.140 e. The Labute approximate surface area is 87.9 Å². The van der Waals surface area contributed by atoms with Gasteiger partial charge in [0.25, 0.3) is 0 Å². The number of hydrogen-bond acceptors (Lipinski definition) is 1. The minimum Gasteiger partial charge on any atom is -0.299 e. The zero-order valence-electron chi connectivity index (χ0n) is 9.73. The Morgan fingerprint density at radius 2 is 2.00 bits per heavy atom. The molecule has 1 unspecified atom stereocenters. The van der Waals surface area contributed by atoms with Crippen LogP contribution >= 0.6 is 0 Å². The van der Waals surface area contributed by atoms with E-state index in [-0.39, 0.29) is 11.2 Å². The first kappa shape index (κ1) is 13.2. The molecule has 0 bridgehead atoms. The van der Waals surface area contributed by atoms with Gasteiger partial charge in [-0.15, -0.1) is 13.2 Å². The zero-order chi connectivity index (χ0) is 11.2. The molecule has 0 amide bonds. The molecular formula is C13H22O. The topological polar surface area (TPSA) is 17.1 Å². The second-order valence-corrected chi connectivity index (χ2v) is 4.15. The predicted octanol–water partition coefficient (Wildman–Crippen LogP) is 3.90. The third kappa shape index (κ3) is 3.49. The van der Waals surface area contributed by atoms with E-state index in [1.165, 1.54) is 0 Å². The van der Waals surface area contributed by atoms with E-state index in [2.05, 4.69) is 20.1 Å². The molecule has 0 fully saturated rings. The number of Topliss-reactive ketones (excluding diaryl/α,β-unsaturated/α-hetero) is 1. The molecule has 0 aromatic heterocycles. The smallest absolute Gasteiger partial charge is 0.140 e. The Balaban J connectivity index is 4.68. The summed E-state index contributed by atoms with van der Waals surface area (Å²) in [4.78, 5) is 11.6. The third-order valence-corrected chi connectivity index (χ3v) is 2.69. The largest absolute Gasteiger partial charge is 0.299 e. The first-order chi connectivity index (χ1) is 6.48. The van der Waals surface area contributed by atoms with Crippen LogP contribution in [0.4, 0.5) is 0 Å². The molecule has 1 atom stereocenters. The van der Waals surface area contributed by atoms with Crippen LogP contribution in [0.1, 0.15) is 46.5 Å². The SMILES string of the molecule is C=CC(CCCC)(CC(=C)C)C(C)=O. The number of ketones is 1. The molecule has 0 saturated carbocycles. The third-order valence-electron chi connectivity index (χ3n) is 2.69. The summed E-state index contributed by atoms with van der Waals surface area (Å²) >= 11 is 0. The molecule has 0 aliphatic rings. The van der Waals surface area contributed by atoms with Crippen LogP contribution in [-0.2, 0) is 4.79 Å². The minimum absolute atomic E-state index is 0.212. The molecule has 0 aromatic rings. The highest BCUT2D eigenvalue weighted by Crippen LogP contribution is 2.34. The zero-order valence-corrected chi connectivity index (χ0v) is 9.73. The van der Waals surface area contributed by atoms with Crippen molar-refractivity contribution in [3.05, 3.63) is 24.8 Å². The molecule has 0 spiro atoms. The lowest BCUT2D eigenvalue weighted by Gasteiger charge is -2.27. The Bertz CT molecular complexity index is 227. The molecule has 0 aromatic carbocycles. The van der Waals surface area contributed by atoms with Crippen molar-refractivity contribution < 1.29 is 4.79 Å². The van der Waals surface area contributed by atoms with Crippen molar-refractivity contribution in [2.75, 3.05) is 0 Å². The van der Waals surface area contributed by atoms with E-state index < -0.39 is 0 Å². The van der Waals surface area contributed by atoms with Crippen LogP contribution in [0.25, 0.3) is 0 Å². The molecule has 0 radical (unpaired) electrons. The van der Waals surface area contributed by atoms with Crippen molar-refractivity contribution in [2.45, 2.75) is 46.5 Å². The van der Waals surface area contributed by atoms with E-state index in [1.807, 2.05) is 6.92 Å². The van der Waals surface area contributed by atoms with E-state index in [0.717, 1.165) is 31.3 Å². The quantitative estimate of drug-likeness (QED) is 0.562. The summed E-state index contributed by atoms with van der Waals surface area (Å²) in [5, 5.41) is 0. The van der Waals surface area contributed by atoms with Gasteiger partial charge in [-0.1, -0.05) is 31.4 Å². The molecular weight excluding hydrogens is 172 g/mol. The van der Waals surface area contributed by atoms with Crippen LogP contribution in [0.5, 0.6) is 0 Å². The maximum atomic E-state index is 11.6. The Hall–Kier alpha value is -0.850. The number of unbranched alkanes of at least 4 members (excludes halogenated alkanes) is 1. The highest BCUT2D eigenvalue weighted by atomic mass is 16.1. The summed E-state index contributed by atoms with van der Waals surface area (Å²) in [6.07, 6.45) is 5.62. The summed E-state index contributed by atoms with van der Waals surface area (Å²) in [6.45, 7) is 13.4. The summed E-state index contributed by atoms with van der Waals surface area (Å²) in [5.41, 5.74) is 0.693. The van der Waals surface area contributed by atoms with Crippen LogP contribution in [0.3, 0.4) is 0 Å². The summed E-state index contributed by atoms with van der Waals surface area (Å²) < 4.78 is 0. The Morgan fingerprint density at radius 1 is 1.43 bits per heavy atom. The van der Waals surface area contributed by atoms with E-state index in [9.17, 15) is 4.79 Å². The average molecular weight is 194 g/mol. The molecule has 0 aliphatic carbocycles. The van der Waals surface area contributed by atoms with Crippen LogP contribution < -0.4 is 0 Å². The number of hydrogen-bond donors (Lipinski definition) is 0. The molecule has 14 heavy (non-hydrogen) atoms. The van der Waals surface area contributed by atoms with Gasteiger partial charge in [0.1, 0.15) is 5.78 Å². The van der Waals surface area contributed by atoms with E-state index in [1.54, 1.807) is 13.0 Å². The minimum atomic E-state index is -0.359. The Kier molecular flexibility index (Phi) is 5.44. The van der Waals surface area contributed by atoms with Crippen molar-refractivity contribution in [1.82, 2.24) is 0 Å². The normalized spacial score (nSPS) is 14.5. The monoisotopic (exact) mass is 194 g/mol. The Morgan fingerprint density at radius 3 is 2.29 bits per heavy atom. The van der Waals surface area contributed by atoms with E-state index >= 15 is 0 Å². The number of allylic oxidation sites excluding steroid dienone is 2. The molecule has 0 rings (SSSR count). The first-order valence-electron chi connectivity index (χ1n) is 5.27. The fourth-order valence-electron chi connectivity index (χ4n) is 1.74. The van der Waals surface area contributed by atoms with E-state index in [4.69, 9.17) is 0 Å². The van der Waals surface area contributed by atoms with E-state index in [0.29, 0.717) is 0 Å². The van der Waals surface area contributed by atoms with Crippen LogP contribution in [0.2, 0.25) is 0 Å². The van der Waals surface area contributed by atoms with Gasteiger partial charge in [0.05, 0.1) is 0 Å². The molecule has 1 nitrogen and oxygen atoms in total. The highest BCUT2D eigenvalue weighted by molar-refractivity contribution is 5.84. The summed E-state index contributed by atoms with van der Waals surface area (Å²) in [7, 11) is 0. The van der Waals surface area contributed by atoms with Gasteiger partial charge in [-0.2, -0.15) is 0 Å². The fourth-order valence-corrected chi connectivity index (χ4v) is 1.74. The molecule has 0 aliphatic heterocycles. The van der Waals surface area contributed by atoms with Gasteiger partial charge in [-0.05, 0) is 26.7 Å². The van der Waals surface area contributed by atoms with Crippen molar-refractivity contribution >= 4 is 5.78 Å². The second kappa shape index (κ2) is 5.79. The van der Waals surface area contributed by atoms with Gasteiger partial charge in [-0.3, -0.25) is 4.79 Å². The molecule has 80 valence electrons. The second-order valence-electron chi connectivity index (χ2n) is 4.15. The number of rotatable bonds is 7. The molecule has 0 heterocycles. The van der Waals surface area contributed by atoms with Gasteiger partial charge in [0.15, 0.2) is 0 Å².